The second-order valence-electron chi connectivity index (χ2n) is 2.43. The Hall–Kier alpha value is -1.25. The van der Waals surface area contributed by atoms with E-state index in [0.29, 0.717) is 0 Å². The molecular formula is C8H2Cl2F2N2O. The summed E-state index contributed by atoms with van der Waals surface area (Å²) in [6, 6.07) is 1.53. The highest BCUT2D eigenvalue weighted by Crippen LogP contribution is 2.32. The first kappa shape index (κ1) is 11.8. The molecule has 0 aliphatic rings. The van der Waals surface area contributed by atoms with Crippen LogP contribution in [0.2, 0.25) is 5.02 Å². The minimum Gasteiger partial charge on any atom is -0.276 e. The van der Waals surface area contributed by atoms with Crippen LogP contribution in [0.4, 0.5) is 8.78 Å². The summed E-state index contributed by atoms with van der Waals surface area (Å²) >= 11 is 10.5. The Bertz CT molecular complexity index is 457. The molecule has 3 nitrogen and oxygen atoms in total. The fraction of sp³-hybridized carbons (Fsp3) is 0.125. The third-order valence-electron chi connectivity index (χ3n) is 1.59. The van der Waals surface area contributed by atoms with Crippen LogP contribution >= 0.6 is 23.2 Å². The van der Waals surface area contributed by atoms with Crippen molar-refractivity contribution in [2.24, 2.45) is 0 Å². The third-order valence-corrected chi connectivity index (χ3v) is 2.18. The van der Waals surface area contributed by atoms with Crippen molar-refractivity contribution in [1.82, 2.24) is 4.98 Å². The molecule has 1 rings (SSSR count). The zero-order valence-corrected chi connectivity index (χ0v) is 8.48. The molecular weight excluding hydrogens is 249 g/mol. The first-order valence-corrected chi connectivity index (χ1v) is 4.31. The topological polar surface area (TPSA) is 53.8 Å². The van der Waals surface area contributed by atoms with Gasteiger partial charge in [-0.3, -0.25) is 4.79 Å². The molecule has 0 aromatic carbocycles. The van der Waals surface area contributed by atoms with Gasteiger partial charge in [0.1, 0.15) is 6.07 Å². The second kappa shape index (κ2) is 4.51. The quantitative estimate of drug-likeness (QED) is 0.759. The van der Waals surface area contributed by atoms with Crippen molar-refractivity contribution in [3.05, 3.63) is 28.0 Å². The summed E-state index contributed by atoms with van der Waals surface area (Å²) in [5.74, 6) is 0. The van der Waals surface area contributed by atoms with Crippen LogP contribution in [0, 0.1) is 11.3 Å². The normalized spacial score (nSPS) is 10.1. The highest BCUT2D eigenvalue weighted by atomic mass is 35.5. The Labute approximate surface area is 93.2 Å². The molecule has 0 radical (unpaired) electrons. The summed E-state index contributed by atoms with van der Waals surface area (Å²) in [6.45, 7) is 0. The molecule has 0 aliphatic carbocycles. The summed E-state index contributed by atoms with van der Waals surface area (Å²) < 4.78 is 25.1. The number of nitrogens with zero attached hydrogens (tertiary/aromatic N) is 2. The first-order valence-electron chi connectivity index (χ1n) is 3.55. The Balaban J connectivity index is 3.53. The number of hydrogen-bond donors (Lipinski definition) is 0. The van der Waals surface area contributed by atoms with Crippen LogP contribution in [-0.2, 0) is 0 Å². The number of pyridine rings is 1. The van der Waals surface area contributed by atoms with E-state index in [1.165, 1.54) is 6.07 Å². The minimum absolute atomic E-state index is 0.367. The van der Waals surface area contributed by atoms with E-state index in [1.54, 1.807) is 0 Å². The Morgan fingerprint density at radius 3 is 2.60 bits per heavy atom. The maximum absolute atomic E-state index is 12.5. The summed E-state index contributed by atoms with van der Waals surface area (Å²) in [6.07, 6.45) is -2.19. The fourth-order valence-electron chi connectivity index (χ4n) is 0.949. The average molecular weight is 251 g/mol. The molecule has 1 heterocycles. The van der Waals surface area contributed by atoms with Crippen molar-refractivity contribution in [2.75, 3.05) is 0 Å². The van der Waals surface area contributed by atoms with E-state index < -0.39 is 27.8 Å². The molecule has 0 fully saturated rings. The maximum atomic E-state index is 12.5. The van der Waals surface area contributed by atoms with Gasteiger partial charge in [0.05, 0.1) is 16.1 Å². The first-order chi connectivity index (χ1) is 6.99. The lowest BCUT2D eigenvalue weighted by Crippen LogP contribution is -2.03. The number of alkyl halides is 2. The number of halogens is 4. The van der Waals surface area contributed by atoms with Gasteiger partial charge in [-0.1, -0.05) is 11.6 Å². The Morgan fingerprint density at radius 1 is 1.60 bits per heavy atom. The summed E-state index contributed by atoms with van der Waals surface area (Å²) in [5.41, 5.74) is -1.62. The smallest absolute Gasteiger partial charge is 0.266 e. The molecule has 0 amide bonds. The van der Waals surface area contributed by atoms with Crippen molar-refractivity contribution in [2.45, 2.75) is 6.43 Å². The average Bonchev–Trinajstić information content (AvgIpc) is 2.16. The molecule has 0 saturated heterocycles. The lowest BCUT2D eigenvalue weighted by molar-refractivity contribution is 0.106. The monoisotopic (exact) mass is 250 g/mol. The third kappa shape index (κ3) is 2.22. The van der Waals surface area contributed by atoms with Crippen LogP contribution < -0.4 is 0 Å². The Kier molecular flexibility index (Phi) is 3.56. The van der Waals surface area contributed by atoms with Gasteiger partial charge in [0, 0.05) is 6.20 Å². The molecule has 0 N–H and O–H groups in total. The van der Waals surface area contributed by atoms with E-state index >= 15 is 0 Å². The van der Waals surface area contributed by atoms with E-state index in [4.69, 9.17) is 28.5 Å². The SMILES string of the molecule is N#Cc1ncc(C(=O)Cl)c(C(F)F)c1Cl. The zero-order chi connectivity index (χ0) is 11.6. The minimum atomic E-state index is -3.00. The summed E-state index contributed by atoms with van der Waals surface area (Å²) in [4.78, 5) is 14.2. The van der Waals surface area contributed by atoms with Gasteiger partial charge in [0.15, 0.2) is 5.69 Å². The highest BCUT2D eigenvalue weighted by Gasteiger charge is 2.23. The van der Waals surface area contributed by atoms with E-state index in [9.17, 15) is 13.6 Å². The van der Waals surface area contributed by atoms with Crippen molar-refractivity contribution in [3.8, 4) is 6.07 Å². The Morgan fingerprint density at radius 2 is 2.20 bits per heavy atom. The van der Waals surface area contributed by atoms with Crippen LogP contribution in [-0.4, -0.2) is 10.2 Å². The van der Waals surface area contributed by atoms with Gasteiger partial charge in [0.2, 0.25) is 0 Å². The summed E-state index contributed by atoms with van der Waals surface area (Å²) in [5, 5.41) is 6.86. The number of hydrogen-bond acceptors (Lipinski definition) is 3. The van der Waals surface area contributed by atoms with Gasteiger partial charge in [0.25, 0.3) is 11.7 Å². The number of aromatic nitrogens is 1. The van der Waals surface area contributed by atoms with Gasteiger partial charge in [-0.25, -0.2) is 13.8 Å². The fourth-order valence-corrected chi connectivity index (χ4v) is 1.37. The van der Waals surface area contributed by atoms with Crippen molar-refractivity contribution >= 4 is 28.4 Å². The molecule has 0 bridgehead atoms. The number of rotatable bonds is 2. The van der Waals surface area contributed by atoms with Gasteiger partial charge in [-0.05, 0) is 11.6 Å². The van der Waals surface area contributed by atoms with E-state index in [1.807, 2.05) is 0 Å². The summed E-state index contributed by atoms with van der Waals surface area (Å²) in [7, 11) is 0. The van der Waals surface area contributed by atoms with E-state index in [-0.39, 0.29) is 5.69 Å². The van der Waals surface area contributed by atoms with Gasteiger partial charge in [-0.2, -0.15) is 5.26 Å². The lowest BCUT2D eigenvalue weighted by atomic mass is 10.1. The maximum Gasteiger partial charge on any atom is 0.266 e. The lowest BCUT2D eigenvalue weighted by Gasteiger charge is -2.07. The molecule has 0 atom stereocenters. The molecule has 1 aromatic heterocycles. The molecule has 0 aliphatic heterocycles. The predicted octanol–water partition coefficient (Wildman–Crippen LogP) is 2.92. The van der Waals surface area contributed by atoms with Crippen LogP contribution in [0.3, 0.4) is 0 Å². The molecule has 0 unspecified atom stereocenters. The van der Waals surface area contributed by atoms with Gasteiger partial charge < -0.3 is 0 Å². The van der Waals surface area contributed by atoms with E-state index in [2.05, 4.69) is 4.98 Å². The van der Waals surface area contributed by atoms with Crippen molar-refractivity contribution < 1.29 is 13.6 Å². The van der Waals surface area contributed by atoms with Crippen molar-refractivity contribution in [3.63, 3.8) is 0 Å². The van der Waals surface area contributed by atoms with Crippen LogP contribution in [0.5, 0.6) is 0 Å². The number of carbonyl (C=O) groups excluding carboxylic acids is 1. The molecule has 1 aromatic rings. The largest absolute Gasteiger partial charge is 0.276 e. The molecule has 78 valence electrons. The highest BCUT2D eigenvalue weighted by molar-refractivity contribution is 6.68. The molecule has 7 heteroatoms. The van der Waals surface area contributed by atoms with Crippen LogP contribution in [0.1, 0.15) is 28.0 Å². The molecule has 15 heavy (non-hydrogen) atoms. The second-order valence-corrected chi connectivity index (χ2v) is 3.16. The van der Waals surface area contributed by atoms with Gasteiger partial charge in [-0.15, -0.1) is 0 Å². The number of carbonyl (C=O) groups is 1. The predicted molar refractivity (Wildman–Crippen MR) is 49.1 cm³/mol. The molecule has 0 saturated carbocycles. The van der Waals surface area contributed by atoms with Gasteiger partial charge >= 0.3 is 0 Å². The van der Waals surface area contributed by atoms with Crippen LogP contribution in [0.15, 0.2) is 6.20 Å². The van der Waals surface area contributed by atoms with Crippen LogP contribution in [0.25, 0.3) is 0 Å². The van der Waals surface area contributed by atoms with Crippen molar-refractivity contribution in [1.29, 1.82) is 5.26 Å². The number of nitriles is 1. The molecule has 0 spiro atoms. The standard InChI is InChI=1S/C8H2Cl2F2N2O/c9-6-4(1-13)14-2-3(7(10)15)5(6)8(11)12/h2,8H. The zero-order valence-electron chi connectivity index (χ0n) is 6.97. The van der Waals surface area contributed by atoms with E-state index in [0.717, 1.165) is 6.20 Å².